The van der Waals surface area contributed by atoms with Crippen LogP contribution in [-0.2, 0) is 0 Å². The van der Waals surface area contributed by atoms with Crippen LogP contribution in [0.25, 0.3) is 44.5 Å². The molecule has 7 aromatic rings. The van der Waals surface area contributed by atoms with Gasteiger partial charge in [-0.15, -0.1) is 0 Å². The summed E-state index contributed by atoms with van der Waals surface area (Å²) in [6.07, 6.45) is 0. The molecule has 4 N–H and O–H groups in total. The number of hydrogen-bond donors (Lipinski definition) is 2. The minimum atomic E-state index is -0.225. The number of hydrogen-bond acceptors (Lipinski definition) is 4. The summed E-state index contributed by atoms with van der Waals surface area (Å²) < 4.78 is 13.9. The fourth-order valence-electron chi connectivity index (χ4n) is 7.30. The van der Waals surface area contributed by atoms with E-state index in [1.807, 2.05) is 48.5 Å². The number of rotatable bonds is 4. The molecule has 0 aliphatic carbocycles. The Morgan fingerprint density at radius 2 is 0.979 bits per heavy atom. The van der Waals surface area contributed by atoms with Gasteiger partial charge >= 0.3 is 0 Å². The Balaban J connectivity index is 1.48. The smallest absolute Gasteiger partial charge is 0.261 e. The van der Waals surface area contributed by atoms with Crippen LogP contribution < -0.4 is 37.3 Å². The zero-order valence-corrected chi connectivity index (χ0v) is 25.5. The van der Waals surface area contributed by atoms with E-state index in [9.17, 15) is 0 Å². The highest BCUT2D eigenvalue weighted by Crippen LogP contribution is 2.51. The summed E-state index contributed by atoms with van der Waals surface area (Å²) >= 11 is 0. The summed E-state index contributed by atoms with van der Waals surface area (Å²) in [6, 6.07) is 51.8. The molecule has 7 aromatic carbocycles. The highest BCUT2D eigenvalue weighted by Gasteiger charge is 2.45. The first-order valence-corrected chi connectivity index (χ1v) is 15.8. The zero-order chi connectivity index (χ0) is 31.5. The molecule has 0 unspecified atom stereocenters. The third kappa shape index (κ3) is 4.24. The van der Waals surface area contributed by atoms with Crippen molar-refractivity contribution in [3.8, 4) is 67.5 Å². The molecule has 0 saturated carbocycles. The summed E-state index contributed by atoms with van der Waals surface area (Å²) in [5.41, 5.74) is 26.2. The van der Waals surface area contributed by atoms with Crippen LogP contribution in [0.1, 0.15) is 0 Å². The Morgan fingerprint density at radius 3 is 1.60 bits per heavy atom. The van der Waals surface area contributed by atoms with Gasteiger partial charge in [-0.3, -0.25) is 0 Å². The maximum Gasteiger partial charge on any atom is 0.261 e. The van der Waals surface area contributed by atoms with Gasteiger partial charge in [-0.05, 0) is 56.9 Å². The van der Waals surface area contributed by atoms with Crippen LogP contribution in [0.2, 0.25) is 0 Å². The van der Waals surface area contributed by atoms with E-state index in [0.29, 0.717) is 11.4 Å². The fourth-order valence-corrected chi connectivity index (χ4v) is 7.30. The maximum atomic E-state index is 7.40. The van der Waals surface area contributed by atoms with E-state index in [2.05, 4.69) is 103 Å². The summed E-state index contributed by atoms with van der Waals surface area (Å²) in [7, 11) is 0. The lowest BCUT2D eigenvalue weighted by atomic mass is 9.33. The van der Waals surface area contributed by atoms with Crippen molar-refractivity contribution < 1.29 is 9.47 Å². The van der Waals surface area contributed by atoms with Gasteiger partial charge in [0, 0.05) is 33.9 Å². The largest absolute Gasteiger partial charge is 0.458 e. The maximum absolute atomic E-state index is 7.40. The Labute approximate surface area is 273 Å². The summed E-state index contributed by atoms with van der Waals surface area (Å²) in [5, 5.41) is 0. The van der Waals surface area contributed by atoms with Crippen LogP contribution in [-0.4, -0.2) is 6.71 Å². The lowest BCUT2D eigenvalue weighted by molar-refractivity contribution is 0.467. The van der Waals surface area contributed by atoms with E-state index in [0.717, 1.165) is 83.9 Å². The van der Waals surface area contributed by atoms with Gasteiger partial charge in [-0.1, -0.05) is 127 Å². The Hall–Kier alpha value is -6.20. The molecule has 9 rings (SSSR count). The molecule has 5 heteroatoms. The highest BCUT2D eigenvalue weighted by atomic mass is 16.5. The van der Waals surface area contributed by atoms with Crippen molar-refractivity contribution in [3.63, 3.8) is 0 Å². The number of ether oxygens (including phenoxy) is 2. The SMILES string of the molecule is Nc1ccc2c(c1)Oc1ccc(-c3ccccc3)c3c1B2c1c(c(-c2ccccc2)c(N)c(-c2ccccc2)c1-c1ccccc1)O3. The van der Waals surface area contributed by atoms with Crippen molar-refractivity contribution in [2.75, 3.05) is 11.5 Å². The molecule has 0 fully saturated rings. The summed E-state index contributed by atoms with van der Waals surface area (Å²) in [5.74, 6) is 3.03. The van der Waals surface area contributed by atoms with Crippen LogP contribution >= 0.6 is 0 Å². The third-order valence-corrected chi connectivity index (χ3v) is 9.31. The molecule has 4 nitrogen and oxygen atoms in total. The average molecular weight is 605 g/mol. The van der Waals surface area contributed by atoms with Gasteiger partial charge in [0.25, 0.3) is 6.71 Å². The van der Waals surface area contributed by atoms with Crippen molar-refractivity contribution in [1.29, 1.82) is 0 Å². The molecule has 2 heterocycles. The molecule has 222 valence electrons. The quantitative estimate of drug-likeness (QED) is 0.157. The van der Waals surface area contributed by atoms with Crippen LogP contribution in [0, 0.1) is 0 Å². The monoisotopic (exact) mass is 604 g/mol. The molecule has 0 bridgehead atoms. The van der Waals surface area contributed by atoms with Gasteiger partial charge in [0.2, 0.25) is 0 Å². The number of anilines is 2. The second-order valence-corrected chi connectivity index (χ2v) is 12.0. The molecule has 0 aromatic heterocycles. The molecule has 0 atom stereocenters. The van der Waals surface area contributed by atoms with Crippen molar-refractivity contribution >= 4 is 34.5 Å². The lowest BCUT2D eigenvalue weighted by Gasteiger charge is -2.37. The standard InChI is InChI=1S/C42H29BN2O2/c44-30-21-23-32-34(25-30)46-33-24-22-31(26-13-5-1-6-14-26)41-38(33)43(32)39-35(27-15-7-2-8-16-27)36(28-17-9-3-10-18-28)40(45)37(42(39)47-41)29-19-11-4-12-20-29/h1-25H,44-45H2. The first-order chi connectivity index (χ1) is 23.2. The Bertz CT molecular complexity index is 2310. The van der Waals surface area contributed by atoms with Crippen molar-refractivity contribution in [2.24, 2.45) is 0 Å². The number of nitrogen functional groups attached to an aromatic ring is 2. The van der Waals surface area contributed by atoms with E-state index >= 15 is 0 Å². The summed E-state index contributed by atoms with van der Waals surface area (Å²) in [6.45, 7) is -0.225. The summed E-state index contributed by atoms with van der Waals surface area (Å²) in [4.78, 5) is 0. The number of fused-ring (bicyclic) bond motifs is 4. The van der Waals surface area contributed by atoms with Crippen molar-refractivity contribution in [2.45, 2.75) is 0 Å². The topological polar surface area (TPSA) is 70.5 Å². The fraction of sp³-hybridized carbons (Fsp3) is 0. The molecular formula is C42H29BN2O2. The van der Waals surface area contributed by atoms with E-state index in [-0.39, 0.29) is 6.71 Å². The van der Waals surface area contributed by atoms with Crippen molar-refractivity contribution in [1.82, 2.24) is 0 Å². The second-order valence-electron chi connectivity index (χ2n) is 12.0. The van der Waals surface area contributed by atoms with E-state index < -0.39 is 0 Å². The van der Waals surface area contributed by atoms with E-state index in [4.69, 9.17) is 20.9 Å². The molecule has 2 aliphatic rings. The minimum Gasteiger partial charge on any atom is -0.458 e. The van der Waals surface area contributed by atoms with Gasteiger partial charge in [0.15, 0.2) is 0 Å². The first kappa shape index (κ1) is 27.1. The molecule has 0 saturated heterocycles. The Kier molecular flexibility index (Phi) is 6.19. The van der Waals surface area contributed by atoms with Gasteiger partial charge in [0.05, 0.1) is 5.69 Å². The van der Waals surface area contributed by atoms with E-state index in [1.165, 1.54) is 0 Å². The predicted molar refractivity (Wildman–Crippen MR) is 195 cm³/mol. The second kappa shape index (κ2) is 10.7. The number of nitrogens with two attached hydrogens (primary N) is 2. The van der Waals surface area contributed by atoms with Gasteiger partial charge < -0.3 is 20.9 Å². The van der Waals surface area contributed by atoms with E-state index in [1.54, 1.807) is 0 Å². The molecule has 0 spiro atoms. The Morgan fingerprint density at radius 1 is 0.426 bits per heavy atom. The van der Waals surface area contributed by atoms with Gasteiger partial charge in [-0.25, -0.2) is 0 Å². The zero-order valence-electron chi connectivity index (χ0n) is 25.5. The molecular weight excluding hydrogens is 575 g/mol. The molecule has 0 radical (unpaired) electrons. The molecule has 0 amide bonds. The minimum absolute atomic E-state index is 0.225. The van der Waals surface area contributed by atoms with Crippen LogP contribution in [0.5, 0.6) is 23.0 Å². The average Bonchev–Trinajstić information content (AvgIpc) is 3.12. The van der Waals surface area contributed by atoms with Crippen molar-refractivity contribution in [3.05, 3.63) is 152 Å². The predicted octanol–water partition coefficient (Wildman–Crippen LogP) is 8.25. The molecule has 47 heavy (non-hydrogen) atoms. The third-order valence-electron chi connectivity index (χ3n) is 9.31. The highest BCUT2D eigenvalue weighted by molar-refractivity contribution is 6.99. The lowest BCUT2D eigenvalue weighted by Crippen LogP contribution is -2.58. The molecule has 2 aliphatic heterocycles. The number of benzene rings is 7. The first-order valence-electron chi connectivity index (χ1n) is 15.8. The van der Waals surface area contributed by atoms with Crippen LogP contribution in [0.4, 0.5) is 11.4 Å². The van der Waals surface area contributed by atoms with Crippen LogP contribution in [0.15, 0.2) is 152 Å². The normalized spacial score (nSPS) is 12.3. The van der Waals surface area contributed by atoms with Crippen LogP contribution in [0.3, 0.4) is 0 Å². The van der Waals surface area contributed by atoms with Gasteiger partial charge in [0.1, 0.15) is 23.0 Å². The van der Waals surface area contributed by atoms with Gasteiger partial charge in [-0.2, -0.15) is 0 Å².